The summed E-state index contributed by atoms with van der Waals surface area (Å²) in [5, 5.41) is 11.2. The second-order valence-electron chi connectivity index (χ2n) is 8.83. The number of aliphatic carboxylic acids is 1. The molecule has 0 bridgehead atoms. The Bertz CT molecular complexity index is 1490. The van der Waals surface area contributed by atoms with Gasteiger partial charge in [0.05, 0.1) is 22.4 Å². The van der Waals surface area contributed by atoms with Gasteiger partial charge in [0.2, 0.25) is 0 Å². The van der Waals surface area contributed by atoms with Crippen molar-refractivity contribution in [3.63, 3.8) is 0 Å². The fraction of sp³-hybridized carbons (Fsp3) is 0.214. The van der Waals surface area contributed by atoms with Crippen LogP contribution in [0.3, 0.4) is 0 Å². The minimum absolute atomic E-state index is 0.0226. The number of aryl methyl sites for hydroxylation is 1. The minimum Gasteiger partial charge on any atom is -0.481 e. The first-order valence-electron chi connectivity index (χ1n) is 11.9. The van der Waals surface area contributed by atoms with Crippen LogP contribution >= 0.6 is 11.6 Å². The van der Waals surface area contributed by atoms with E-state index in [0.717, 1.165) is 0 Å². The molecule has 1 amide bonds. The van der Waals surface area contributed by atoms with Gasteiger partial charge in [0.15, 0.2) is 6.04 Å². The molecule has 6 nitrogen and oxygen atoms in total. The van der Waals surface area contributed by atoms with Crippen molar-refractivity contribution in [3.05, 3.63) is 94.4 Å². The molecule has 11 heteroatoms. The van der Waals surface area contributed by atoms with Crippen LogP contribution in [0.2, 0.25) is 5.02 Å². The molecule has 0 spiro atoms. The van der Waals surface area contributed by atoms with Crippen LogP contribution in [-0.4, -0.2) is 33.1 Å². The number of hydrogen-bond acceptors (Lipinski definition) is 4. The fourth-order valence-corrected chi connectivity index (χ4v) is 4.16. The standard InChI is InChI=1S/C28H22ClF4N3O3/c29-19-10-5-17(6-11-19)26(28(31,32)33)36-27(39)18-9-14-21-23(15-18)34-22(3-1-2-4-24(37)38)25(35-21)16-7-12-20(30)13-8-16/h5-15,26H,1-4H2,(H,36,39)(H,37,38)/t26-/m0/s1. The zero-order valence-corrected chi connectivity index (χ0v) is 21.1. The first-order valence-corrected chi connectivity index (χ1v) is 12.3. The van der Waals surface area contributed by atoms with Gasteiger partial charge in [0, 0.05) is 22.6 Å². The van der Waals surface area contributed by atoms with Gasteiger partial charge < -0.3 is 10.4 Å². The lowest BCUT2D eigenvalue weighted by molar-refractivity contribution is -0.155. The Morgan fingerprint density at radius 2 is 1.62 bits per heavy atom. The molecule has 1 atom stereocenters. The van der Waals surface area contributed by atoms with Gasteiger partial charge in [-0.25, -0.2) is 14.4 Å². The number of hydrogen-bond donors (Lipinski definition) is 2. The van der Waals surface area contributed by atoms with Gasteiger partial charge in [0.1, 0.15) is 5.82 Å². The van der Waals surface area contributed by atoms with E-state index in [-0.39, 0.29) is 28.1 Å². The fourth-order valence-electron chi connectivity index (χ4n) is 4.04. The van der Waals surface area contributed by atoms with Crippen molar-refractivity contribution in [1.82, 2.24) is 15.3 Å². The number of rotatable bonds is 9. The Kier molecular flexibility index (Phi) is 8.44. The van der Waals surface area contributed by atoms with Crippen molar-refractivity contribution >= 4 is 34.5 Å². The molecule has 0 aliphatic heterocycles. The lowest BCUT2D eigenvalue weighted by atomic mass is 10.0. The molecule has 3 aromatic carbocycles. The second kappa shape index (κ2) is 11.8. The van der Waals surface area contributed by atoms with Gasteiger partial charge in [-0.05, 0) is 79.4 Å². The number of carboxylic acid groups (broad SMARTS) is 1. The number of nitrogens with one attached hydrogen (secondary N) is 1. The van der Waals surface area contributed by atoms with E-state index in [0.29, 0.717) is 41.7 Å². The van der Waals surface area contributed by atoms with Crippen LogP contribution < -0.4 is 5.32 Å². The minimum atomic E-state index is -4.76. The molecule has 0 saturated carbocycles. The zero-order valence-electron chi connectivity index (χ0n) is 20.3. The van der Waals surface area contributed by atoms with Crippen molar-refractivity contribution < 1.29 is 32.3 Å². The lowest BCUT2D eigenvalue weighted by Gasteiger charge is -2.22. The summed E-state index contributed by atoms with van der Waals surface area (Å²) in [6.45, 7) is 0. The van der Waals surface area contributed by atoms with E-state index in [4.69, 9.17) is 16.7 Å². The molecule has 0 unspecified atom stereocenters. The van der Waals surface area contributed by atoms with E-state index in [9.17, 15) is 27.2 Å². The van der Waals surface area contributed by atoms with Gasteiger partial charge in [0.25, 0.3) is 5.91 Å². The molecule has 0 radical (unpaired) electrons. The Labute approximate surface area is 225 Å². The highest BCUT2D eigenvalue weighted by molar-refractivity contribution is 6.30. The van der Waals surface area contributed by atoms with Crippen LogP contribution in [0.5, 0.6) is 0 Å². The van der Waals surface area contributed by atoms with Crippen LogP contribution in [0.1, 0.15) is 46.9 Å². The predicted octanol–water partition coefficient (Wildman–Crippen LogP) is 6.92. The maximum absolute atomic E-state index is 13.8. The highest BCUT2D eigenvalue weighted by atomic mass is 35.5. The van der Waals surface area contributed by atoms with Crippen LogP contribution in [0.4, 0.5) is 17.6 Å². The molecule has 202 valence electrons. The predicted molar refractivity (Wildman–Crippen MR) is 138 cm³/mol. The summed E-state index contributed by atoms with van der Waals surface area (Å²) in [5.74, 6) is -2.31. The third-order valence-electron chi connectivity index (χ3n) is 5.98. The van der Waals surface area contributed by atoms with Crippen LogP contribution in [0.25, 0.3) is 22.3 Å². The summed E-state index contributed by atoms with van der Waals surface area (Å²) >= 11 is 5.79. The Hall–Kier alpha value is -4.05. The quantitative estimate of drug-likeness (QED) is 0.171. The van der Waals surface area contributed by atoms with Crippen molar-refractivity contribution in [2.45, 2.75) is 37.9 Å². The number of carboxylic acids is 1. The smallest absolute Gasteiger partial charge is 0.412 e. The molecule has 1 aromatic heterocycles. The molecule has 1 heterocycles. The molecule has 0 aliphatic carbocycles. The average Bonchev–Trinajstić information content (AvgIpc) is 2.89. The highest BCUT2D eigenvalue weighted by Gasteiger charge is 2.42. The maximum Gasteiger partial charge on any atom is 0.412 e. The van der Waals surface area contributed by atoms with Crippen molar-refractivity contribution in [2.75, 3.05) is 0 Å². The summed E-state index contributed by atoms with van der Waals surface area (Å²) < 4.78 is 54.8. The largest absolute Gasteiger partial charge is 0.481 e. The summed E-state index contributed by atoms with van der Waals surface area (Å²) in [6.07, 6.45) is -3.55. The molecular formula is C28H22ClF4N3O3. The molecule has 2 N–H and O–H groups in total. The molecule has 39 heavy (non-hydrogen) atoms. The third kappa shape index (κ3) is 7.08. The summed E-state index contributed by atoms with van der Waals surface area (Å²) in [5.41, 5.74) is 1.99. The van der Waals surface area contributed by atoms with Crippen LogP contribution in [-0.2, 0) is 11.2 Å². The number of nitrogens with zero attached hydrogens (tertiary/aromatic N) is 2. The topological polar surface area (TPSA) is 92.2 Å². The number of amides is 1. The molecule has 0 fully saturated rings. The van der Waals surface area contributed by atoms with E-state index in [1.165, 1.54) is 54.6 Å². The summed E-state index contributed by atoms with van der Waals surface area (Å²) in [7, 11) is 0. The SMILES string of the molecule is O=C(O)CCCCc1nc2cc(C(=O)N[C@@H](c3ccc(Cl)cc3)C(F)(F)F)ccc2nc1-c1ccc(F)cc1. The number of alkyl halides is 3. The van der Waals surface area contributed by atoms with Gasteiger partial charge in [-0.3, -0.25) is 9.59 Å². The number of carbonyl (C=O) groups is 2. The number of halogens is 5. The van der Waals surface area contributed by atoms with Crippen molar-refractivity contribution in [1.29, 1.82) is 0 Å². The van der Waals surface area contributed by atoms with Gasteiger partial charge in [-0.15, -0.1) is 0 Å². The molecule has 0 saturated heterocycles. The first-order chi connectivity index (χ1) is 18.5. The number of benzene rings is 3. The number of aromatic nitrogens is 2. The van der Waals surface area contributed by atoms with Gasteiger partial charge >= 0.3 is 12.1 Å². The number of carbonyl (C=O) groups excluding carboxylic acids is 1. The Balaban J connectivity index is 1.66. The van der Waals surface area contributed by atoms with E-state index in [2.05, 4.69) is 9.97 Å². The van der Waals surface area contributed by atoms with Gasteiger partial charge in [-0.2, -0.15) is 13.2 Å². The Morgan fingerprint density at radius 1 is 0.923 bits per heavy atom. The van der Waals surface area contributed by atoms with E-state index in [1.807, 2.05) is 5.32 Å². The summed E-state index contributed by atoms with van der Waals surface area (Å²) in [6, 6.07) is 12.6. The van der Waals surface area contributed by atoms with Crippen LogP contribution in [0.15, 0.2) is 66.7 Å². The van der Waals surface area contributed by atoms with Gasteiger partial charge in [-0.1, -0.05) is 23.7 Å². The molecule has 4 rings (SSSR count). The third-order valence-corrected chi connectivity index (χ3v) is 6.23. The normalized spacial score (nSPS) is 12.3. The molecule has 0 aliphatic rings. The molecular weight excluding hydrogens is 538 g/mol. The van der Waals surface area contributed by atoms with E-state index >= 15 is 0 Å². The second-order valence-corrected chi connectivity index (χ2v) is 9.27. The maximum atomic E-state index is 13.8. The monoisotopic (exact) mass is 559 g/mol. The lowest BCUT2D eigenvalue weighted by Crippen LogP contribution is -2.38. The highest BCUT2D eigenvalue weighted by Crippen LogP contribution is 2.34. The Morgan fingerprint density at radius 3 is 2.26 bits per heavy atom. The number of unbranched alkanes of at least 4 members (excludes halogenated alkanes) is 1. The van der Waals surface area contributed by atoms with Crippen LogP contribution in [0, 0.1) is 5.82 Å². The van der Waals surface area contributed by atoms with E-state index in [1.54, 1.807) is 12.1 Å². The van der Waals surface area contributed by atoms with Crippen molar-refractivity contribution in [2.24, 2.45) is 0 Å². The molecule has 4 aromatic rings. The average molecular weight is 560 g/mol. The zero-order chi connectivity index (χ0) is 28.2. The van der Waals surface area contributed by atoms with E-state index < -0.39 is 29.9 Å². The number of fused-ring (bicyclic) bond motifs is 1. The summed E-state index contributed by atoms with van der Waals surface area (Å²) in [4.78, 5) is 33.0. The van der Waals surface area contributed by atoms with Crippen molar-refractivity contribution in [3.8, 4) is 11.3 Å². The first kappa shape index (κ1) is 28.0.